The maximum atomic E-state index is 12.1. The lowest BCUT2D eigenvalue weighted by Crippen LogP contribution is -2.50. The normalized spacial score (nSPS) is 16.7. The van der Waals surface area contributed by atoms with Crippen LogP contribution in [0, 0.1) is 0 Å². The van der Waals surface area contributed by atoms with E-state index >= 15 is 0 Å². The maximum absolute atomic E-state index is 12.1. The van der Waals surface area contributed by atoms with Gasteiger partial charge in [-0.3, -0.25) is 9.59 Å². The topological polar surface area (TPSA) is 58.6 Å². The fourth-order valence-electron chi connectivity index (χ4n) is 2.12. The Balaban J connectivity index is 1.84. The fraction of sp³-hybridized carbons (Fsp3) is 0.375. The van der Waals surface area contributed by atoms with Gasteiger partial charge in [-0.25, -0.2) is 0 Å². The summed E-state index contributed by atoms with van der Waals surface area (Å²) < 4.78 is 5.21. The number of nitrogens with zero attached hydrogens (tertiary/aromatic N) is 1. The second-order valence-corrected chi connectivity index (χ2v) is 4.91. The highest BCUT2D eigenvalue weighted by atomic mass is 16.5. The molecule has 1 aromatic carbocycles. The van der Waals surface area contributed by atoms with E-state index in [1.54, 1.807) is 17.9 Å². The Hall–Kier alpha value is -2.14. The fourth-order valence-corrected chi connectivity index (χ4v) is 2.12. The summed E-state index contributed by atoms with van der Waals surface area (Å²) >= 11 is 0. The molecule has 0 radical (unpaired) electrons. The number of ether oxygens (including phenoxy) is 1. The standard InChI is InChI=1S/C16H20N2O3/c1-13(16(20)18-9-11-21-12-10-18)17-15(19)8-7-14-5-3-2-4-6-14/h2-8,13H,9-12H2,1H3,(H,17,19). The number of hydrogen-bond donors (Lipinski definition) is 1. The highest BCUT2D eigenvalue weighted by Gasteiger charge is 2.22. The van der Waals surface area contributed by atoms with Crippen LogP contribution >= 0.6 is 0 Å². The number of amides is 2. The summed E-state index contributed by atoms with van der Waals surface area (Å²) in [7, 11) is 0. The Kier molecular flexibility index (Phi) is 5.51. The van der Waals surface area contributed by atoms with Gasteiger partial charge in [-0.05, 0) is 18.6 Å². The van der Waals surface area contributed by atoms with E-state index in [-0.39, 0.29) is 11.8 Å². The van der Waals surface area contributed by atoms with Gasteiger partial charge in [-0.2, -0.15) is 0 Å². The van der Waals surface area contributed by atoms with Crippen molar-refractivity contribution >= 4 is 17.9 Å². The summed E-state index contributed by atoms with van der Waals surface area (Å²) in [6.45, 7) is 3.98. The van der Waals surface area contributed by atoms with Gasteiger partial charge in [0.2, 0.25) is 11.8 Å². The van der Waals surface area contributed by atoms with E-state index in [0.717, 1.165) is 5.56 Å². The van der Waals surface area contributed by atoms with Crippen molar-refractivity contribution in [2.45, 2.75) is 13.0 Å². The van der Waals surface area contributed by atoms with Gasteiger partial charge in [0.15, 0.2) is 0 Å². The van der Waals surface area contributed by atoms with Crippen molar-refractivity contribution in [3.8, 4) is 0 Å². The van der Waals surface area contributed by atoms with Gasteiger partial charge in [-0.15, -0.1) is 0 Å². The van der Waals surface area contributed by atoms with Gasteiger partial charge in [0.1, 0.15) is 6.04 Å². The van der Waals surface area contributed by atoms with Crippen LogP contribution in [0.5, 0.6) is 0 Å². The van der Waals surface area contributed by atoms with Crippen molar-refractivity contribution in [1.29, 1.82) is 0 Å². The number of rotatable bonds is 4. The van der Waals surface area contributed by atoms with Crippen molar-refractivity contribution < 1.29 is 14.3 Å². The van der Waals surface area contributed by atoms with Gasteiger partial charge in [-0.1, -0.05) is 30.3 Å². The monoisotopic (exact) mass is 288 g/mol. The van der Waals surface area contributed by atoms with Crippen LogP contribution in [-0.4, -0.2) is 49.1 Å². The number of benzene rings is 1. The average molecular weight is 288 g/mol. The van der Waals surface area contributed by atoms with Gasteiger partial charge in [0.05, 0.1) is 13.2 Å². The summed E-state index contributed by atoms with van der Waals surface area (Å²) in [6.07, 6.45) is 3.17. The molecule has 0 aromatic heterocycles. The molecule has 0 aliphatic carbocycles. The van der Waals surface area contributed by atoms with Crippen LogP contribution in [0.1, 0.15) is 12.5 Å². The summed E-state index contributed by atoms with van der Waals surface area (Å²) in [5.41, 5.74) is 0.944. The molecule has 1 aliphatic rings. The van der Waals surface area contributed by atoms with E-state index in [0.29, 0.717) is 26.3 Å². The zero-order chi connectivity index (χ0) is 15.1. The third-order valence-corrected chi connectivity index (χ3v) is 3.28. The quantitative estimate of drug-likeness (QED) is 0.843. The number of carbonyl (C=O) groups excluding carboxylic acids is 2. The smallest absolute Gasteiger partial charge is 0.245 e. The Bertz CT molecular complexity index is 508. The first kappa shape index (κ1) is 15.3. The summed E-state index contributed by atoms with van der Waals surface area (Å²) in [5, 5.41) is 2.69. The molecule has 1 heterocycles. The molecule has 0 spiro atoms. The summed E-state index contributed by atoms with van der Waals surface area (Å²) in [4.78, 5) is 25.7. The number of hydrogen-bond acceptors (Lipinski definition) is 3. The van der Waals surface area contributed by atoms with Crippen LogP contribution < -0.4 is 5.32 Å². The van der Waals surface area contributed by atoms with Crippen LogP contribution in [0.2, 0.25) is 0 Å². The molecule has 1 saturated heterocycles. The zero-order valence-electron chi connectivity index (χ0n) is 12.1. The minimum atomic E-state index is -0.531. The lowest BCUT2D eigenvalue weighted by atomic mass is 10.2. The first-order chi connectivity index (χ1) is 10.2. The van der Waals surface area contributed by atoms with Crippen LogP contribution in [0.25, 0.3) is 6.08 Å². The van der Waals surface area contributed by atoms with E-state index in [1.807, 2.05) is 30.3 Å². The molecular weight excluding hydrogens is 268 g/mol. The Morgan fingerprint density at radius 1 is 1.24 bits per heavy atom. The molecule has 1 aromatic rings. The third kappa shape index (κ3) is 4.72. The van der Waals surface area contributed by atoms with E-state index in [9.17, 15) is 9.59 Å². The predicted molar refractivity (Wildman–Crippen MR) is 80.5 cm³/mol. The molecule has 1 N–H and O–H groups in total. The molecule has 0 saturated carbocycles. The zero-order valence-corrected chi connectivity index (χ0v) is 12.1. The molecule has 5 heteroatoms. The van der Waals surface area contributed by atoms with Gasteiger partial charge < -0.3 is 15.0 Å². The Labute approximate surface area is 124 Å². The van der Waals surface area contributed by atoms with E-state index in [2.05, 4.69) is 5.32 Å². The van der Waals surface area contributed by atoms with Gasteiger partial charge >= 0.3 is 0 Å². The van der Waals surface area contributed by atoms with Crippen LogP contribution in [0.4, 0.5) is 0 Å². The van der Waals surface area contributed by atoms with Crippen molar-refractivity contribution in [2.75, 3.05) is 26.3 Å². The first-order valence-electron chi connectivity index (χ1n) is 7.07. The number of carbonyl (C=O) groups is 2. The molecule has 1 fully saturated rings. The maximum Gasteiger partial charge on any atom is 0.245 e. The van der Waals surface area contributed by atoms with E-state index in [1.165, 1.54) is 6.08 Å². The summed E-state index contributed by atoms with van der Waals surface area (Å²) in [6, 6.07) is 9.01. The second kappa shape index (κ2) is 7.59. The predicted octanol–water partition coefficient (Wildman–Crippen LogP) is 1.06. The molecule has 112 valence electrons. The number of morpholine rings is 1. The minimum absolute atomic E-state index is 0.0697. The lowest BCUT2D eigenvalue weighted by Gasteiger charge is -2.29. The minimum Gasteiger partial charge on any atom is -0.378 e. The van der Waals surface area contributed by atoms with Crippen LogP contribution in [0.15, 0.2) is 36.4 Å². The molecule has 1 atom stereocenters. The van der Waals surface area contributed by atoms with E-state index < -0.39 is 6.04 Å². The number of nitrogens with one attached hydrogen (secondary N) is 1. The highest BCUT2D eigenvalue weighted by molar-refractivity contribution is 5.95. The SMILES string of the molecule is CC(NC(=O)C=Cc1ccccc1)C(=O)N1CCOCC1. The molecule has 2 rings (SSSR count). The highest BCUT2D eigenvalue weighted by Crippen LogP contribution is 2.02. The Morgan fingerprint density at radius 3 is 2.57 bits per heavy atom. The lowest BCUT2D eigenvalue weighted by molar-refractivity contribution is -0.138. The molecule has 2 amide bonds. The largest absolute Gasteiger partial charge is 0.378 e. The Morgan fingerprint density at radius 2 is 1.90 bits per heavy atom. The third-order valence-electron chi connectivity index (χ3n) is 3.28. The van der Waals surface area contributed by atoms with Crippen molar-refractivity contribution in [3.63, 3.8) is 0 Å². The van der Waals surface area contributed by atoms with Crippen LogP contribution in [-0.2, 0) is 14.3 Å². The van der Waals surface area contributed by atoms with Crippen molar-refractivity contribution in [3.05, 3.63) is 42.0 Å². The van der Waals surface area contributed by atoms with Crippen LogP contribution in [0.3, 0.4) is 0 Å². The van der Waals surface area contributed by atoms with E-state index in [4.69, 9.17) is 4.74 Å². The molecule has 1 unspecified atom stereocenters. The van der Waals surface area contributed by atoms with Gasteiger partial charge in [0.25, 0.3) is 0 Å². The first-order valence-corrected chi connectivity index (χ1v) is 7.07. The summed E-state index contributed by atoms with van der Waals surface area (Å²) in [5.74, 6) is -0.340. The molecule has 0 bridgehead atoms. The molecule has 21 heavy (non-hydrogen) atoms. The average Bonchev–Trinajstić information content (AvgIpc) is 2.54. The van der Waals surface area contributed by atoms with Crippen molar-refractivity contribution in [1.82, 2.24) is 10.2 Å². The molecule has 5 nitrogen and oxygen atoms in total. The second-order valence-electron chi connectivity index (χ2n) is 4.91. The molecule has 1 aliphatic heterocycles. The van der Waals surface area contributed by atoms with Crippen molar-refractivity contribution in [2.24, 2.45) is 0 Å². The van der Waals surface area contributed by atoms with Gasteiger partial charge in [0, 0.05) is 19.2 Å². The molecular formula is C16H20N2O3.